The van der Waals surface area contributed by atoms with Gasteiger partial charge in [-0.3, -0.25) is 4.98 Å². The van der Waals surface area contributed by atoms with E-state index in [1.54, 1.807) is 18.0 Å². The van der Waals surface area contributed by atoms with Crippen molar-refractivity contribution in [3.8, 4) is 17.1 Å². The second-order valence-corrected chi connectivity index (χ2v) is 4.36. The minimum absolute atomic E-state index is 0.670. The van der Waals surface area contributed by atoms with Crippen molar-refractivity contribution >= 4 is 0 Å². The summed E-state index contributed by atoms with van der Waals surface area (Å²) in [5.74, 6) is 0.849. The molecule has 5 nitrogen and oxygen atoms in total. The van der Waals surface area contributed by atoms with E-state index < -0.39 is 0 Å². The third-order valence-corrected chi connectivity index (χ3v) is 2.97. The molecule has 0 unspecified atom stereocenters. The molecule has 3 aromatic rings. The number of pyridine rings is 1. The zero-order valence-corrected chi connectivity index (χ0v) is 11.1. The van der Waals surface area contributed by atoms with E-state index in [-0.39, 0.29) is 0 Å². The van der Waals surface area contributed by atoms with Gasteiger partial charge in [-0.25, -0.2) is 4.68 Å². The van der Waals surface area contributed by atoms with Crippen LogP contribution < -0.4 is 4.74 Å². The summed E-state index contributed by atoms with van der Waals surface area (Å²) in [7, 11) is 1.66. The molecule has 0 aliphatic heterocycles. The minimum atomic E-state index is 0.670. The fourth-order valence-corrected chi connectivity index (χ4v) is 1.93. The van der Waals surface area contributed by atoms with Crippen LogP contribution in [0.25, 0.3) is 11.4 Å². The molecular formula is C15H14N4O. The molecule has 0 saturated heterocycles. The zero-order chi connectivity index (χ0) is 13.8. The summed E-state index contributed by atoms with van der Waals surface area (Å²) in [4.78, 5) is 4.26. The lowest BCUT2D eigenvalue weighted by Gasteiger charge is -2.02. The molecule has 0 spiro atoms. The molecular weight excluding hydrogens is 252 g/mol. The maximum absolute atomic E-state index is 5.14. The zero-order valence-electron chi connectivity index (χ0n) is 11.1. The number of hydrogen-bond acceptors (Lipinski definition) is 4. The molecule has 0 saturated carbocycles. The molecule has 3 rings (SSSR count). The van der Waals surface area contributed by atoms with E-state index >= 15 is 0 Å². The fraction of sp³-hybridized carbons (Fsp3) is 0.133. The SMILES string of the molecule is COc1ccc(Cn2cc(-c3ccccn3)nn2)cc1. The lowest BCUT2D eigenvalue weighted by molar-refractivity contribution is 0.414. The van der Waals surface area contributed by atoms with Crippen LogP contribution in [-0.2, 0) is 6.54 Å². The van der Waals surface area contributed by atoms with Crippen LogP contribution in [0.2, 0.25) is 0 Å². The van der Waals surface area contributed by atoms with Crippen LogP contribution in [0.4, 0.5) is 0 Å². The van der Waals surface area contributed by atoms with Crippen LogP contribution in [0.15, 0.2) is 54.9 Å². The predicted octanol–water partition coefficient (Wildman–Crippen LogP) is 2.40. The standard InChI is InChI=1S/C15H14N4O/c1-20-13-7-5-12(6-8-13)10-19-11-15(17-18-19)14-4-2-3-9-16-14/h2-9,11H,10H2,1H3. The lowest BCUT2D eigenvalue weighted by Crippen LogP contribution is -2.00. The van der Waals surface area contributed by atoms with Crippen molar-refractivity contribution in [3.63, 3.8) is 0 Å². The van der Waals surface area contributed by atoms with Gasteiger partial charge in [0.25, 0.3) is 0 Å². The highest BCUT2D eigenvalue weighted by Crippen LogP contribution is 2.14. The van der Waals surface area contributed by atoms with Gasteiger partial charge in [0.15, 0.2) is 0 Å². The Kier molecular flexibility index (Phi) is 3.41. The summed E-state index contributed by atoms with van der Waals surface area (Å²) in [5.41, 5.74) is 2.75. The van der Waals surface area contributed by atoms with E-state index in [9.17, 15) is 0 Å². The lowest BCUT2D eigenvalue weighted by atomic mass is 10.2. The summed E-state index contributed by atoms with van der Waals surface area (Å²) in [6.45, 7) is 0.670. The normalized spacial score (nSPS) is 10.4. The van der Waals surface area contributed by atoms with Crippen LogP contribution >= 0.6 is 0 Å². The maximum Gasteiger partial charge on any atom is 0.131 e. The van der Waals surface area contributed by atoms with Crippen molar-refractivity contribution < 1.29 is 4.74 Å². The largest absolute Gasteiger partial charge is 0.497 e. The Morgan fingerprint density at radius 1 is 1.05 bits per heavy atom. The highest BCUT2D eigenvalue weighted by molar-refractivity contribution is 5.51. The van der Waals surface area contributed by atoms with Gasteiger partial charge in [0.2, 0.25) is 0 Å². The molecule has 2 aromatic heterocycles. The molecule has 100 valence electrons. The van der Waals surface area contributed by atoms with Gasteiger partial charge in [-0.1, -0.05) is 23.4 Å². The Morgan fingerprint density at radius 3 is 2.60 bits per heavy atom. The van der Waals surface area contributed by atoms with E-state index in [2.05, 4.69) is 15.3 Å². The molecule has 1 aromatic carbocycles. The van der Waals surface area contributed by atoms with E-state index in [1.165, 1.54) is 0 Å². The van der Waals surface area contributed by atoms with Gasteiger partial charge in [0, 0.05) is 6.20 Å². The van der Waals surface area contributed by atoms with Crippen LogP contribution in [0.5, 0.6) is 5.75 Å². The first kappa shape index (κ1) is 12.3. The average Bonchev–Trinajstić information content (AvgIpc) is 2.97. The molecule has 5 heteroatoms. The maximum atomic E-state index is 5.14. The van der Waals surface area contributed by atoms with Crippen LogP contribution in [0.3, 0.4) is 0 Å². The number of rotatable bonds is 4. The number of hydrogen-bond donors (Lipinski definition) is 0. The Balaban J connectivity index is 1.77. The van der Waals surface area contributed by atoms with Gasteiger partial charge in [-0.05, 0) is 29.8 Å². The van der Waals surface area contributed by atoms with Crippen molar-refractivity contribution in [1.29, 1.82) is 0 Å². The summed E-state index contributed by atoms with van der Waals surface area (Å²) < 4.78 is 6.94. The molecule has 0 radical (unpaired) electrons. The molecule has 0 N–H and O–H groups in total. The first-order valence-corrected chi connectivity index (χ1v) is 6.29. The molecule has 0 aliphatic carbocycles. The van der Waals surface area contributed by atoms with Crippen LogP contribution in [0.1, 0.15) is 5.56 Å². The third kappa shape index (κ3) is 2.66. The number of aromatic nitrogens is 4. The molecule has 2 heterocycles. The second kappa shape index (κ2) is 5.52. The number of nitrogens with zero attached hydrogens (tertiary/aromatic N) is 4. The monoisotopic (exact) mass is 266 g/mol. The molecule has 0 bridgehead atoms. The van der Waals surface area contributed by atoms with Crippen molar-refractivity contribution in [2.45, 2.75) is 6.54 Å². The van der Waals surface area contributed by atoms with E-state index in [4.69, 9.17) is 4.74 Å². The summed E-state index contributed by atoms with van der Waals surface area (Å²) >= 11 is 0. The first-order valence-electron chi connectivity index (χ1n) is 6.29. The van der Waals surface area contributed by atoms with Crippen LogP contribution in [0, 0.1) is 0 Å². The Morgan fingerprint density at radius 2 is 1.90 bits per heavy atom. The van der Waals surface area contributed by atoms with E-state index in [1.807, 2.05) is 48.7 Å². The van der Waals surface area contributed by atoms with Gasteiger partial charge in [-0.2, -0.15) is 0 Å². The van der Waals surface area contributed by atoms with Gasteiger partial charge in [-0.15, -0.1) is 5.10 Å². The quantitative estimate of drug-likeness (QED) is 0.727. The summed E-state index contributed by atoms with van der Waals surface area (Å²) in [6, 6.07) is 13.6. The van der Waals surface area contributed by atoms with E-state index in [0.717, 1.165) is 22.7 Å². The predicted molar refractivity (Wildman–Crippen MR) is 75.3 cm³/mol. The van der Waals surface area contributed by atoms with Gasteiger partial charge in [0.05, 0.1) is 25.5 Å². The molecule has 0 fully saturated rings. The molecule has 0 atom stereocenters. The van der Waals surface area contributed by atoms with Crippen molar-refractivity contribution in [1.82, 2.24) is 20.0 Å². The van der Waals surface area contributed by atoms with Crippen molar-refractivity contribution in [2.75, 3.05) is 7.11 Å². The van der Waals surface area contributed by atoms with Crippen LogP contribution in [-0.4, -0.2) is 27.1 Å². The van der Waals surface area contributed by atoms with Crippen molar-refractivity contribution in [3.05, 3.63) is 60.4 Å². The van der Waals surface area contributed by atoms with Crippen molar-refractivity contribution in [2.24, 2.45) is 0 Å². The average molecular weight is 266 g/mol. The Bertz CT molecular complexity index is 677. The minimum Gasteiger partial charge on any atom is -0.497 e. The molecule has 0 aliphatic rings. The topological polar surface area (TPSA) is 52.8 Å². The fourth-order valence-electron chi connectivity index (χ4n) is 1.93. The Hall–Kier alpha value is -2.69. The molecule has 20 heavy (non-hydrogen) atoms. The molecule has 0 amide bonds. The van der Waals surface area contributed by atoms with Gasteiger partial charge < -0.3 is 4.74 Å². The number of ether oxygens (including phenoxy) is 1. The Labute approximate surface area is 116 Å². The third-order valence-electron chi connectivity index (χ3n) is 2.97. The second-order valence-electron chi connectivity index (χ2n) is 4.36. The first-order chi connectivity index (χ1) is 9.85. The smallest absolute Gasteiger partial charge is 0.131 e. The highest BCUT2D eigenvalue weighted by Gasteiger charge is 2.05. The summed E-state index contributed by atoms with van der Waals surface area (Å²) in [5, 5.41) is 8.27. The van der Waals surface area contributed by atoms with Gasteiger partial charge in [0.1, 0.15) is 11.4 Å². The number of methoxy groups -OCH3 is 1. The number of benzene rings is 1. The highest BCUT2D eigenvalue weighted by atomic mass is 16.5. The van der Waals surface area contributed by atoms with E-state index in [0.29, 0.717) is 6.54 Å². The summed E-state index contributed by atoms with van der Waals surface area (Å²) in [6.07, 6.45) is 3.64. The van der Waals surface area contributed by atoms with Gasteiger partial charge >= 0.3 is 0 Å².